The molecule has 0 unspecified atom stereocenters. The molecule has 1 aliphatic rings. The highest BCUT2D eigenvalue weighted by Gasteiger charge is 2.11. The van der Waals surface area contributed by atoms with Gasteiger partial charge in [-0.1, -0.05) is 0 Å². The molecule has 16 heavy (non-hydrogen) atoms. The lowest BCUT2D eigenvalue weighted by Gasteiger charge is -1.96. The van der Waals surface area contributed by atoms with E-state index in [0.717, 1.165) is 11.1 Å². The molecule has 8 nitrogen and oxygen atoms in total. The third-order valence-electron chi connectivity index (χ3n) is 2.06. The number of azo groups is 1. The Labute approximate surface area is 89.5 Å². The van der Waals surface area contributed by atoms with Gasteiger partial charge in [0.05, 0.1) is 24.5 Å². The van der Waals surface area contributed by atoms with Crippen LogP contribution in [0.5, 0.6) is 0 Å². The first-order chi connectivity index (χ1) is 7.93. The number of rotatable bonds is 2. The van der Waals surface area contributed by atoms with Gasteiger partial charge in [-0.05, 0) is 0 Å². The van der Waals surface area contributed by atoms with Crippen LogP contribution in [0.2, 0.25) is 0 Å². The monoisotopic (exact) mass is 214 g/mol. The Morgan fingerprint density at radius 2 is 1.88 bits per heavy atom. The summed E-state index contributed by atoms with van der Waals surface area (Å²) in [6.45, 7) is 0.481. The molecule has 8 heteroatoms. The van der Waals surface area contributed by atoms with Gasteiger partial charge in [-0.25, -0.2) is 0 Å². The van der Waals surface area contributed by atoms with Crippen molar-refractivity contribution in [3.63, 3.8) is 0 Å². The molecule has 3 heterocycles. The Kier molecular flexibility index (Phi) is 1.96. The van der Waals surface area contributed by atoms with Gasteiger partial charge in [0.2, 0.25) is 11.6 Å². The van der Waals surface area contributed by atoms with Gasteiger partial charge in [-0.15, -0.1) is 20.4 Å². The Balaban J connectivity index is 1.91. The zero-order valence-corrected chi connectivity index (χ0v) is 8.07. The summed E-state index contributed by atoms with van der Waals surface area (Å²) in [4.78, 5) is 0. The average Bonchev–Trinajstić information content (AvgIpc) is 3.03. The summed E-state index contributed by atoms with van der Waals surface area (Å²) in [5.74, 6) is 0.891. The first-order valence-electron chi connectivity index (χ1n) is 4.56. The fourth-order valence-corrected chi connectivity index (χ4v) is 1.24. The fraction of sp³-hybridized carbons (Fsp3) is 0.125. The number of hydrogen-bond donors (Lipinski definition) is 1. The fourth-order valence-electron chi connectivity index (χ4n) is 1.24. The molecule has 0 aliphatic carbocycles. The van der Waals surface area contributed by atoms with E-state index in [1.54, 1.807) is 18.6 Å². The molecule has 0 amide bonds. The van der Waals surface area contributed by atoms with Gasteiger partial charge < -0.3 is 0 Å². The van der Waals surface area contributed by atoms with E-state index >= 15 is 0 Å². The van der Waals surface area contributed by atoms with Crippen molar-refractivity contribution in [3.8, 4) is 11.4 Å². The van der Waals surface area contributed by atoms with E-state index in [2.05, 4.69) is 40.8 Å². The molecular formula is C8H6N8. The quantitative estimate of drug-likeness (QED) is 0.781. The molecule has 0 bridgehead atoms. The number of nitrogens with one attached hydrogen (secondary N) is 1. The molecule has 3 rings (SSSR count). The third-order valence-corrected chi connectivity index (χ3v) is 2.06. The first kappa shape index (κ1) is 8.77. The summed E-state index contributed by atoms with van der Waals surface area (Å²) < 4.78 is 0. The molecule has 1 N–H and O–H groups in total. The summed E-state index contributed by atoms with van der Waals surface area (Å²) in [6.07, 6.45) is 4.89. The lowest BCUT2D eigenvalue weighted by atomic mass is 10.3. The summed E-state index contributed by atoms with van der Waals surface area (Å²) in [5, 5.41) is 29.8. The Hall–Kier alpha value is -2.51. The van der Waals surface area contributed by atoms with Crippen LogP contribution in [-0.4, -0.2) is 37.1 Å². The van der Waals surface area contributed by atoms with Crippen molar-refractivity contribution in [1.82, 2.24) is 30.6 Å². The van der Waals surface area contributed by atoms with Crippen LogP contribution in [0.15, 0.2) is 28.8 Å². The molecule has 0 saturated heterocycles. The van der Waals surface area contributed by atoms with Crippen molar-refractivity contribution >= 4 is 5.57 Å². The van der Waals surface area contributed by atoms with Crippen LogP contribution in [0.1, 0.15) is 5.82 Å². The minimum absolute atomic E-state index is 0.435. The van der Waals surface area contributed by atoms with Gasteiger partial charge >= 0.3 is 0 Å². The normalized spacial score (nSPS) is 14.1. The van der Waals surface area contributed by atoms with E-state index in [4.69, 9.17) is 0 Å². The van der Waals surface area contributed by atoms with Crippen molar-refractivity contribution in [2.75, 3.05) is 6.54 Å². The molecule has 0 saturated carbocycles. The number of aromatic nitrogens is 6. The van der Waals surface area contributed by atoms with Gasteiger partial charge in [-0.3, -0.25) is 5.10 Å². The van der Waals surface area contributed by atoms with Crippen LogP contribution in [0.4, 0.5) is 0 Å². The molecule has 2 aromatic heterocycles. The molecule has 1 aliphatic heterocycles. The molecular weight excluding hydrogens is 208 g/mol. The van der Waals surface area contributed by atoms with E-state index < -0.39 is 0 Å². The van der Waals surface area contributed by atoms with Gasteiger partial charge in [-0.2, -0.15) is 15.3 Å². The third kappa shape index (κ3) is 1.45. The predicted octanol–water partition coefficient (Wildman–Crippen LogP) is 0.463. The molecule has 78 valence electrons. The molecule has 2 aromatic rings. The van der Waals surface area contributed by atoms with E-state index in [9.17, 15) is 0 Å². The molecule has 0 radical (unpaired) electrons. The lowest BCUT2D eigenvalue weighted by molar-refractivity contribution is 0.841. The van der Waals surface area contributed by atoms with E-state index in [-0.39, 0.29) is 0 Å². The highest BCUT2D eigenvalue weighted by atomic mass is 15.3. The summed E-state index contributed by atoms with van der Waals surface area (Å²) in [5.41, 5.74) is 1.57. The molecule has 0 aromatic carbocycles. The van der Waals surface area contributed by atoms with Gasteiger partial charge in [0.1, 0.15) is 0 Å². The topological polar surface area (TPSA) is 105 Å². The largest absolute Gasteiger partial charge is 0.285 e. The maximum absolute atomic E-state index is 3.96. The Morgan fingerprint density at radius 3 is 2.50 bits per heavy atom. The highest BCUT2D eigenvalue weighted by Crippen LogP contribution is 2.15. The second-order valence-electron chi connectivity index (χ2n) is 3.10. The van der Waals surface area contributed by atoms with Crippen LogP contribution >= 0.6 is 0 Å². The number of H-pyrrole nitrogens is 1. The maximum Gasteiger partial charge on any atom is 0.206 e. The summed E-state index contributed by atoms with van der Waals surface area (Å²) in [6, 6.07) is 0. The van der Waals surface area contributed by atoms with Gasteiger partial charge in [0.25, 0.3) is 0 Å². The van der Waals surface area contributed by atoms with Gasteiger partial charge in [0, 0.05) is 11.8 Å². The van der Waals surface area contributed by atoms with E-state index in [0.29, 0.717) is 18.2 Å². The SMILES string of the molecule is C1=C(c2nnc(-c3cn[nH]c3)nn2)CN=N1. The van der Waals surface area contributed by atoms with E-state index in [1.165, 1.54) is 0 Å². The minimum Gasteiger partial charge on any atom is -0.285 e. The minimum atomic E-state index is 0.435. The van der Waals surface area contributed by atoms with Crippen molar-refractivity contribution in [1.29, 1.82) is 0 Å². The molecule has 0 fully saturated rings. The van der Waals surface area contributed by atoms with Crippen LogP contribution in [0.3, 0.4) is 0 Å². The van der Waals surface area contributed by atoms with Crippen LogP contribution in [0.25, 0.3) is 17.0 Å². The molecule has 0 atom stereocenters. The zero-order valence-electron chi connectivity index (χ0n) is 8.07. The predicted molar refractivity (Wildman–Crippen MR) is 52.9 cm³/mol. The van der Waals surface area contributed by atoms with Crippen LogP contribution < -0.4 is 0 Å². The Bertz CT molecular complexity index is 538. The zero-order chi connectivity index (χ0) is 10.8. The summed E-state index contributed by atoms with van der Waals surface area (Å²) >= 11 is 0. The van der Waals surface area contributed by atoms with Crippen molar-refractivity contribution in [2.45, 2.75) is 0 Å². The van der Waals surface area contributed by atoms with Crippen molar-refractivity contribution < 1.29 is 0 Å². The second kappa shape index (κ2) is 3.57. The number of aromatic amines is 1. The lowest BCUT2D eigenvalue weighted by Crippen LogP contribution is -2.02. The van der Waals surface area contributed by atoms with Crippen molar-refractivity contribution in [2.24, 2.45) is 10.2 Å². The highest BCUT2D eigenvalue weighted by molar-refractivity contribution is 5.62. The Morgan fingerprint density at radius 1 is 1.06 bits per heavy atom. The van der Waals surface area contributed by atoms with E-state index in [1.807, 2.05) is 0 Å². The number of hydrogen-bond acceptors (Lipinski definition) is 7. The number of nitrogens with zero attached hydrogens (tertiary/aromatic N) is 7. The molecule has 0 spiro atoms. The standard InChI is InChI=1S/C8H6N8/c1-5(2-10-9-1)7-13-15-8(16-14-7)6-3-11-12-4-6/h1-3H,4H2,(H,9,10). The van der Waals surface area contributed by atoms with Crippen molar-refractivity contribution in [3.05, 3.63) is 24.4 Å². The smallest absolute Gasteiger partial charge is 0.206 e. The average molecular weight is 214 g/mol. The van der Waals surface area contributed by atoms with Crippen LogP contribution in [-0.2, 0) is 0 Å². The first-order valence-corrected chi connectivity index (χ1v) is 4.56. The second-order valence-corrected chi connectivity index (χ2v) is 3.10. The van der Waals surface area contributed by atoms with Crippen LogP contribution in [0, 0.1) is 0 Å². The summed E-state index contributed by atoms with van der Waals surface area (Å²) in [7, 11) is 0. The maximum atomic E-state index is 3.96. The van der Waals surface area contributed by atoms with Gasteiger partial charge in [0.15, 0.2) is 0 Å².